The van der Waals surface area contributed by atoms with Gasteiger partial charge >= 0.3 is 0 Å². The molecule has 0 spiro atoms. The van der Waals surface area contributed by atoms with Crippen LogP contribution in [-0.2, 0) is 0 Å². The van der Waals surface area contributed by atoms with E-state index in [1.54, 1.807) is 0 Å². The van der Waals surface area contributed by atoms with E-state index < -0.39 is 0 Å². The van der Waals surface area contributed by atoms with Crippen molar-refractivity contribution in [1.82, 2.24) is 4.90 Å². The van der Waals surface area contributed by atoms with Gasteiger partial charge in [-0.15, -0.1) is 0 Å². The molecule has 11 heavy (non-hydrogen) atoms. The Morgan fingerprint density at radius 2 is 1.73 bits per heavy atom. The minimum absolute atomic E-state index is 0.956. The second-order valence-electron chi connectivity index (χ2n) is 4.23. The second kappa shape index (κ2) is 3.14. The molecule has 1 heterocycles. The van der Waals surface area contributed by atoms with Crippen molar-refractivity contribution in [3.8, 4) is 0 Å². The molecule has 1 unspecified atom stereocenters. The molecule has 0 aromatic rings. The summed E-state index contributed by atoms with van der Waals surface area (Å²) in [4.78, 5) is 2.58. The maximum atomic E-state index is 2.58. The third kappa shape index (κ3) is 1.44. The molecule has 0 N–H and O–H groups in total. The van der Waals surface area contributed by atoms with Gasteiger partial charge in [-0.25, -0.2) is 0 Å². The van der Waals surface area contributed by atoms with E-state index in [0.717, 1.165) is 12.0 Å². The highest BCUT2D eigenvalue weighted by Gasteiger charge is 2.30. The van der Waals surface area contributed by atoms with Crippen LogP contribution in [-0.4, -0.2) is 24.5 Å². The fourth-order valence-corrected chi connectivity index (χ4v) is 2.87. The topological polar surface area (TPSA) is 3.24 Å². The average molecular weight is 153 g/mol. The van der Waals surface area contributed by atoms with Crippen molar-refractivity contribution >= 4 is 0 Å². The van der Waals surface area contributed by atoms with Crippen LogP contribution in [0.5, 0.6) is 0 Å². The molecule has 1 aliphatic carbocycles. The van der Waals surface area contributed by atoms with Gasteiger partial charge in [0.2, 0.25) is 0 Å². The number of hydrogen-bond acceptors (Lipinski definition) is 1. The molecule has 1 nitrogen and oxygen atoms in total. The molecule has 1 aliphatic heterocycles. The van der Waals surface area contributed by atoms with E-state index in [4.69, 9.17) is 0 Å². The van der Waals surface area contributed by atoms with Crippen molar-refractivity contribution in [2.75, 3.05) is 13.6 Å². The molecular weight excluding hydrogens is 134 g/mol. The zero-order chi connectivity index (χ0) is 7.68. The lowest BCUT2D eigenvalue weighted by molar-refractivity contribution is 0.229. The highest BCUT2D eigenvalue weighted by Crippen LogP contribution is 2.34. The first kappa shape index (κ1) is 7.60. The SMILES string of the molecule is CN1CCCC1C1CCCC1. The van der Waals surface area contributed by atoms with Gasteiger partial charge < -0.3 is 4.90 Å². The summed E-state index contributed by atoms with van der Waals surface area (Å²) in [7, 11) is 2.30. The van der Waals surface area contributed by atoms with E-state index in [1.165, 1.54) is 45.1 Å². The summed E-state index contributed by atoms with van der Waals surface area (Å²) in [5, 5.41) is 0. The third-order valence-electron chi connectivity index (χ3n) is 3.52. The lowest BCUT2D eigenvalue weighted by Gasteiger charge is -2.25. The molecule has 0 aromatic heterocycles. The van der Waals surface area contributed by atoms with E-state index in [9.17, 15) is 0 Å². The first-order valence-electron chi connectivity index (χ1n) is 5.08. The molecule has 0 amide bonds. The molecule has 0 radical (unpaired) electrons. The Morgan fingerprint density at radius 1 is 1.00 bits per heavy atom. The number of likely N-dealkylation sites (tertiary alicyclic amines) is 1. The Morgan fingerprint density at radius 3 is 2.27 bits per heavy atom. The molecule has 1 saturated heterocycles. The van der Waals surface area contributed by atoms with Crippen LogP contribution in [0, 0.1) is 5.92 Å². The van der Waals surface area contributed by atoms with Gasteiger partial charge in [0.25, 0.3) is 0 Å². The molecule has 2 fully saturated rings. The first-order valence-corrected chi connectivity index (χ1v) is 5.08. The van der Waals surface area contributed by atoms with Crippen LogP contribution >= 0.6 is 0 Å². The van der Waals surface area contributed by atoms with E-state index in [2.05, 4.69) is 11.9 Å². The normalized spacial score (nSPS) is 35.2. The molecule has 0 bridgehead atoms. The second-order valence-corrected chi connectivity index (χ2v) is 4.23. The summed E-state index contributed by atoms with van der Waals surface area (Å²) in [6.07, 6.45) is 8.92. The van der Waals surface area contributed by atoms with Crippen LogP contribution in [0.15, 0.2) is 0 Å². The van der Waals surface area contributed by atoms with Gasteiger partial charge in [0.15, 0.2) is 0 Å². The Hall–Kier alpha value is -0.0400. The summed E-state index contributed by atoms with van der Waals surface area (Å²) in [5.41, 5.74) is 0. The van der Waals surface area contributed by atoms with Gasteiger partial charge in [0, 0.05) is 6.04 Å². The standard InChI is InChI=1S/C10H19N/c1-11-8-4-7-10(11)9-5-2-3-6-9/h9-10H,2-8H2,1H3. The molecule has 2 aliphatic rings. The largest absolute Gasteiger partial charge is 0.303 e. The number of rotatable bonds is 1. The lowest BCUT2D eigenvalue weighted by Crippen LogP contribution is -2.30. The fourth-order valence-electron chi connectivity index (χ4n) is 2.87. The zero-order valence-corrected chi connectivity index (χ0v) is 7.55. The van der Waals surface area contributed by atoms with Gasteiger partial charge in [0.1, 0.15) is 0 Å². The maximum Gasteiger partial charge on any atom is 0.0121 e. The predicted octanol–water partition coefficient (Wildman–Crippen LogP) is 2.27. The third-order valence-corrected chi connectivity index (χ3v) is 3.52. The molecule has 64 valence electrons. The number of nitrogens with zero attached hydrogens (tertiary/aromatic N) is 1. The van der Waals surface area contributed by atoms with Crippen molar-refractivity contribution in [3.63, 3.8) is 0 Å². The highest BCUT2D eigenvalue weighted by atomic mass is 15.1. The lowest BCUT2D eigenvalue weighted by atomic mass is 9.96. The van der Waals surface area contributed by atoms with E-state index in [-0.39, 0.29) is 0 Å². The van der Waals surface area contributed by atoms with Gasteiger partial charge in [-0.3, -0.25) is 0 Å². The summed E-state index contributed by atoms with van der Waals surface area (Å²) >= 11 is 0. The van der Waals surface area contributed by atoms with Crippen molar-refractivity contribution < 1.29 is 0 Å². The van der Waals surface area contributed by atoms with E-state index >= 15 is 0 Å². The average Bonchev–Trinajstić information content (AvgIpc) is 2.55. The fraction of sp³-hybridized carbons (Fsp3) is 1.00. The van der Waals surface area contributed by atoms with Crippen LogP contribution in [0.1, 0.15) is 38.5 Å². The summed E-state index contributed by atoms with van der Waals surface area (Å²) in [6.45, 7) is 1.35. The van der Waals surface area contributed by atoms with E-state index in [0.29, 0.717) is 0 Å². The number of hydrogen-bond donors (Lipinski definition) is 0. The first-order chi connectivity index (χ1) is 5.38. The molecule has 1 atom stereocenters. The Labute approximate surface area is 69.8 Å². The molecular formula is C10H19N. The van der Waals surface area contributed by atoms with Crippen molar-refractivity contribution in [2.24, 2.45) is 5.92 Å². The molecule has 0 aromatic carbocycles. The van der Waals surface area contributed by atoms with Gasteiger partial charge in [-0.2, -0.15) is 0 Å². The molecule has 1 saturated carbocycles. The van der Waals surface area contributed by atoms with Gasteiger partial charge in [-0.05, 0) is 45.2 Å². The van der Waals surface area contributed by atoms with Crippen LogP contribution in [0.3, 0.4) is 0 Å². The smallest absolute Gasteiger partial charge is 0.0121 e. The quantitative estimate of drug-likeness (QED) is 0.558. The Bertz CT molecular complexity index is 127. The molecule has 1 heteroatoms. The van der Waals surface area contributed by atoms with Crippen LogP contribution < -0.4 is 0 Å². The van der Waals surface area contributed by atoms with Crippen molar-refractivity contribution in [3.05, 3.63) is 0 Å². The van der Waals surface area contributed by atoms with Crippen molar-refractivity contribution in [2.45, 2.75) is 44.6 Å². The Kier molecular flexibility index (Phi) is 2.17. The monoisotopic (exact) mass is 153 g/mol. The zero-order valence-electron chi connectivity index (χ0n) is 7.55. The summed E-state index contributed by atoms with van der Waals surface area (Å²) < 4.78 is 0. The minimum atomic E-state index is 0.956. The summed E-state index contributed by atoms with van der Waals surface area (Å²) in [6, 6.07) is 0.956. The highest BCUT2D eigenvalue weighted by molar-refractivity contribution is 4.85. The van der Waals surface area contributed by atoms with Gasteiger partial charge in [-0.1, -0.05) is 12.8 Å². The summed E-state index contributed by atoms with van der Waals surface area (Å²) in [5.74, 6) is 1.06. The van der Waals surface area contributed by atoms with Crippen LogP contribution in [0.4, 0.5) is 0 Å². The van der Waals surface area contributed by atoms with Crippen LogP contribution in [0.2, 0.25) is 0 Å². The maximum absolute atomic E-state index is 2.58. The minimum Gasteiger partial charge on any atom is -0.303 e. The van der Waals surface area contributed by atoms with Crippen LogP contribution in [0.25, 0.3) is 0 Å². The predicted molar refractivity (Wildman–Crippen MR) is 47.6 cm³/mol. The Balaban J connectivity index is 1.92. The van der Waals surface area contributed by atoms with Crippen molar-refractivity contribution in [1.29, 1.82) is 0 Å². The molecule has 2 rings (SSSR count). The van der Waals surface area contributed by atoms with E-state index in [1.807, 2.05) is 0 Å². The van der Waals surface area contributed by atoms with Gasteiger partial charge in [0.05, 0.1) is 0 Å².